The van der Waals surface area contributed by atoms with Crippen LogP contribution < -0.4 is 4.90 Å². The fourth-order valence-electron chi connectivity index (χ4n) is 3.75. The molecule has 0 atom stereocenters. The molecule has 1 heterocycles. The van der Waals surface area contributed by atoms with Gasteiger partial charge in [-0.1, -0.05) is 30.3 Å². The van der Waals surface area contributed by atoms with Crippen molar-refractivity contribution in [3.05, 3.63) is 95.8 Å². The second-order valence-electron chi connectivity index (χ2n) is 7.48. The zero-order valence-corrected chi connectivity index (χ0v) is 22.6. The Morgan fingerprint density at radius 1 is 0.722 bits per heavy atom. The summed E-state index contributed by atoms with van der Waals surface area (Å²) in [5.41, 5.74) is -0.636. The number of aromatic carboxylic acids is 2. The molecule has 0 saturated heterocycles. The molecule has 36 heavy (non-hydrogen) atoms. The average molecular weight is 681 g/mol. The Labute approximate surface area is 228 Å². The molecule has 2 N–H and O–H groups in total. The molecule has 3 aromatic carbocycles. The monoisotopic (exact) mass is 678 g/mol. The fraction of sp³-hybridized carbons (Fsp3) is 0.0417. The Kier molecular flexibility index (Phi) is 7.12. The number of anilines is 1. The Morgan fingerprint density at radius 2 is 1.17 bits per heavy atom. The number of hydrogen-bond acceptors (Lipinski definition) is 5. The number of fused-ring (bicyclic) bond motifs is 1. The van der Waals surface area contributed by atoms with Crippen LogP contribution in [0.5, 0.6) is 0 Å². The van der Waals surface area contributed by atoms with Crippen LogP contribution in [0.1, 0.15) is 51.8 Å². The average Bonchev–Trinajstić information content (AvgIpc) is 3.07. The van der Waals surface area contributed by atoms with Crippen LogP contribution in [-0.2, 0) is 0 Å². The number of carboxylic acid groups (broad SMARTS) is 2. The number of carbonyl (C=O) groups excluding carboxylic acids is 3. The number of nitrogens with zero attached hydrogens (tertiary/aromatic N) is 2. The van der Waals surface area contributed by atoms with Crippen molar-refractivity contribution < 1.29 is 34.2 Å². The minimum Gasteiger partial charge on any atom is -0.478 e. The van der Waals surface area contributed by atoms with E-state index in [0.717, 1.165) is 9.80 Å². The molecule has 3 aromatic rings. The lowest BCUT2D eigenvalue weighted by molar-refractivity contribution is 0.0640. The van der Waals surface area contributed by atoms with Gasteiger partial charge in [0, 0.05) is 10.0 Å². The summed E-state index contributed by atoms with van der Waals surface area (Å²) in [6.07, 6.45) is 0. The van der Waals surface area contributed by atoms with E-state index in [2.05, 4.69) is 47.8 Å². The van der Waals surface area contributed by atoms with Gasteiger partial charge < -0.3 is 10.2 Å². The third-order valence-electron chi connectivity index (χ3n) is 5.42. The number of carboxylic acids is 2. The van der Waals surface area contributed by atoms with Crippen LogP contribution in [0.15, 0.2) is 68.0 Å². The molecule has 9 nitrogen and oxygen atoms in total. The Morgan fingerprint density at radius 3 is 1.61 bits per heavy atom. The highest BCUT2D eigenvalue weighted by atomic mass is 79.9. The summed E-state index contributed by atoms with van der Waals surface area (Å²) in [4.78, 5) is 65.7. The molecule has 0 fully saturated rings. The second kappa shape index (κ2) is 9.96. The fourth-order valence-corrected chi connectivity index (χ4v) is 6.84. The van der Waals surface area contributed by atoms with Gasteiger partial charge in [-0.15, -0.1) is 0 Å². The van der Waals surface area contributed by atoms with Gasteiger partial charge in [-0.25, -0.2) is 9.59 Å². The number of amides is 3. The predicted molar refractivity (Wildman–Crippen MR) is 139 cm³/mol. The van der Waals surface area contributed by atoms with Crippen LogP contribution in [0.4, 0.5) is 5.69 Å². The summed E-state index contributed by atoms with van der Waals surface area (Å²) in [5, 5.41) is 19.6. The largest absolute Gasteiger partial charge is 0.478 e. The minimum atomic E-state index is -1.47. The maximum absolute atomic E-state index is 13.7. The number of rotatable bonds is 6. The molecular weight excluding hydrogens is 668 g/mol. The molecule has 0 aliphatic carbocycles. The highest BCUT2D eigenvalue weighted by molar-refractivity contribution is 9.11. The molecule has 1 aliphatic heterocycles. The topological polar surface area (TPSA) is 132 Å². The summed E-state index contributed by atoms with van der Waals surface area (Å²) in [6, 6.07) is 14.0. The van der Waals surface area contributed by atoms with Crippen LogP contribution in [0.25, 0.3) is 0 Å². The molecule has 0 spiro atoms. The lowest BCUT2D eigenvalue weighted by Gasteiger charge is -2.30. The zero-order chi connectivity index (χ0) is 26.3. The van der Waals surface area contributed by atoms with Gasteiger partial charge in [-0.2, -0.15) is 0 Å². The quantitative estimate of drug-likeness (QED) is 0.339. The standard InChI is InChI=1S/C24H13Br3N2O7/c25-16-14(23(33)34)17(26)19(18(27)15(16)24(35)36)28(20(30)11-6-2-1-3-7-11)10-29-21(31)12-8-4-5-9-13(12)22(29)32/h1-9H,10H2,(H,33,34)(H,35,36). The maximum Gasteiger partial charge on any atom is 0.338 e. The summed E-state index contributed by atoms with van der Waals surface area (Å²) in [6.45, 7) is -0.614. The number of imide groups is 1. The first kappa shape index (κ1) is 25.7. The Bertz CT molecular complexity index is 1400. The van der Waals surface area contributed by atoms with E-state index in [4.69, 9.17) is 0 Å². The van der Waals surface area contributed by atoms with Crippen molar-refractivity contribution in [1.29, 1.82) is 0 Å². The first-order valence-corrected chi connectivity index (χ1v) is 12.4. The normalized spacial score (nSPS) is 12.5. The van der Waals surface area contributed by atoms with Gasteiger partial charge in [0.1, 0.15) is 6.67 Å². The van der Waals surface area contributed by atoms with Gasteiger partial charge >= 0.3 is 11.9 Å². The molecule has 3 amide bonds. The summed E-state index contributed by atoms with van der Waals surface area (Å²) >= 11 is 9.43. The third kappa shape index (κ3) is 4.25. The molecule has 1 aliphatic rings. The molecule has 0 aromatic heterocycles. The van der Waals surface area contributed by atoms with Gasteiger partial charge in [-0.05, 0) is 72.1 Å². The SMILES string of the molecule is O=C(O)c1c(Br)c(C(=O)O)c(Br)c(N(CN2C(=O)c3ccccc3C2=O)C(=O)c2ccccc2)c1Br. The van der Waals surface area contributed by atoms with Gasteiger partial charge in [0.15, 0.2) is 0 Å². The van der Waals surface area contributed by atoms with E-state index in [-0.39, 0.29) is 35.8 Å². The zero-order valence-electron chi connectivity index (χ0n) is 17.9. The molecule has 12 heteroatoms. The van der Waals surface area contributed by atoms with E-state index in [0.29, 0.717) is 0 Å². The predicted octanol–water partition coefficient (Wildman–Crippen LogP) is 5.27. The minimum absolute atomic E-state index is 0.139. The van der Waals surface area contributed by atoms with Gasteiger partial charge in [0.2, 0.25) is 0 Å². The van der Waals surface area contributed by atoms with Crippen molar-refractivity contribution in [2.75, 3.05) is 11.6 Å². The van der Waals surface area contributed by atoms with Gasteiger partial charge in [-0.3, -0.25) is 24.2 Å². The molecule has 0 saturated carbocycles. The Balaban J connectivity index is 1.95. The number of benzene rings is 3. The number of halogens is 3. The van der Waals surface area contributed by atoms with E-state index >= 15 is 0 Å². The molecule has 0 radical (unpaired) electrons. The summed E-state index contributed by atoms with van der Waals surface area (Å²) in [5.74, 6) is -4.95. The van der Waals surface area contributed by atoms with Crippen LogP contribution in [-0.4, -0.2) is 51.4 Å². The van der Waals surface area contributed by atoms with Crippen molar-refractivity contribution in [1.82, 2.24) is 4.90 Å². The van der Waals surface area contributed by atoms with Crippen LogP contribution in [0, 0.1) is 0 Å². The Hall–Kier alpha value is -3.35. The van der Waals surface area contributed by atoms with Gasteiger partial charge in [0.25, 0.3) is 17.7 Å². The van der Waals surface area contributed by atoms with Crippen LogP contribution in [0.3, 0.4) is 0 Å². The maximum atomic E-state index is 13.7. The molecule has 0 bridgehead atoms. The highest BCUT2D eigenvalue weighted by Gasteiger charge is 2.39. The van der Waals surface area contributed by atoms with Crippen LogP contribution >= 0.6 is 47.8 Å². The third-order valence-corrected chi connectivity index (χ3v) is 7.76. The summed E-state index contributed by atoms with van der Waals surface area (Å²) < 4.78 is -0.517. The lowest BCUT2D eigenvalue weighted by atomic mass is 10.1. The van der Waals surface area contributed by atoms with Crippen molar-refractivity contribution >= 4 is 83.1 Å². The first-order valence-electron chi connectivity index (χ1n) is 10.0. The van der Waals surface area contributed by atoms with E-state index in [9.17, 15) is 34.2 Å². The van der Waals surface area contributed by atoms with E-state index in [1.807, 2.05) is 0 Å². The van der Waals surface area contributed by atoms with Crippen molar-refractivity contribution in [3.8, 4) is 0 Å². The molecular formula is C24H13Br3N2O7. The molecule has 4 rings (SSSR count). The van der Waals surface area contributed by atoms with Crippen molar-refractivity contribution in [2.45, 2.75) is 0 Å². The van der Waals surface area contributed by atoms with E-state index < -0.39 is 47.5 Å². The molecule has 182 valence electrons. The highest BCUT2D eigenvalue weighted by Crippen LogP contribution is 2.45. The number of hydrogen-bond donors (Lipinski definition) is 2. The van der Waals surface area contributed by atoms with Crippen LogP contribution in [0.2, 0.25) is 0 Å². The van der Waals surface area contributed by atoms with Gasteiger partial charge in [0.05, 0.1) is 36.9 Å². The summed E-state index contributed by atoms with van der Waals surface area (Å²) in [7, 11) is 0. The first-order chi connectivity index (χ1) is 17.1. The second-order valence-corrected chi connectivity index (χ2v) is 9.85. The van der Waals surface area contributed by atoms with Crippen molar-refractivity contribution in [3.63, 3.8) is 0 Å². The van der Waals surface area contributed by atoms with E-state index in [1.54, 1.807) is 30.3 Å². The molecule has 0 unspecified atom stereocenters. The smallest absolute Gasteiger partial charge is 0.338 e. The van der Waals surface area contributed by atoms with Crippen molar-refractivity contribution in [2.24, 2.45) is 0 Å². The van der Waals surface area contributed by atoms with E-state index in [1.165, 1.54) is 24.3 Å². The lowest BCUT2D eigenvalue weighted by Crippen LogP contribution is -2.45. The number of carbonyl (C=O) groups is 5.